The van der Waals surface area contributed by atoms with Crippen molar-refractivity contribution in [2.45, 2.75) is 40.7 Å². The lowest BCUT2D eigenvalue weighted by Crippen LogP contribution is -2.30. The summed E-state index contributed by atoms with van der Waals surface area (Å²) < 4.78 is 7.16. The number of aryl methyl sites for hydroxylation is 3. The smallest absolute Gasteiger partial charge is 0.341 e. The van der Waals surface area contributed by atoms with E-state index in [0.717, 1.165) is 22.5 Å². The lowest BCUT2D eigenvalue weighted by molar-refractivity contribution is -0.123. The minimum absolute atomic E-state index is 0.358. The molecule has 1 heterocycles. The van der Waals surface area contributed by atoms with Gasteiger partial charge in [-0.05, 0) is 63.9 Å². The third kappa shape index (κ3) is 4.77. The van der Waals surface area contributed by atoms with E-state index in [4.69, 9.17) is 4.74 Å². The highest BCUT2D eigenvalue weighted by molar-refractivity contribution is 6.00. The van der Waals surface area contributed by atoms with Crippen molar-refractivity contribution in [3.05, 3.63) is 70.5 Å². The Labute approximate surface area is 182 Å². The standard InChI is InChI=1S/C24H28N4O3/c1-14-10-9-13-20(15(14)2)25-21-12-8-7-11-19(21)24(30)31-18(5)23(29)26-22-16(3)27-28(6)17(22)4/h7-13,18,25H,1-6H3,(H,26,29)/t18-/m1/s1. The number of nitrogens with zero attached hydrogens (tertiary/aromatic N) is 2. The van der Waals surface area contributed by atoms with Crippen molar-refractivity contribution in [2.75, 3.05) is 10.6 Å². The van der Waals surface area contributed by atoms with Crippen LogP contribution in [0.1, 0.15) is 39.8 Å². The van der Waals surface area contributed by atoms with E-state index in [1.165, 1.54) is 0 Å². The van der Waals surface area contributed by atoms with Crippen LogP contribution in [0, 0.1) is 27.7 Å². The second kappa shape index (κ2) is 9.04. The van der Waals surface area contributed by atoms with E-state index in [-0.39, 0.29) is 0 Å². The third-order valence-corrected chi connectivity index (χ3v) is 5.43. The van der Waals surface area contributed by atoms with Crippen LogP contribution in [-0.4, -0.2) is 27.8 Å². The number of amides is 1. The average molecular weight is 421 g/mol. The summed E-state index contributed by atoms with van der Waals surface area (Å²) >= 11 is 0. The zero-order valence-electron chi connectivity index (χ0n) is 18.7. The fraction of sp³-hybridized carbons (Fsp3) is 0.292. The molecule has 7 nitrogen and oxygen atoms in total. The first-order chi connectivity index (χ1) is 14.7. The van der Waals surface area contributed by atoms with Crippen LogP contribution in [0.2, 0.25) is 0 Å². The van der Waals surface area contributed by atoms with E-state index in [9.17, 15) is 9.59 Å². The topological polar surface area (TPSA) is 85.2 Å². The predicted molar refractivity (Wildman–Crippen MR) is 122 cm³/mol. The maximum atomic E-state index is 12.9. The number of carbonyl (C=O) groups excluding carboxylic acids is 2. The van der Waals surface area contributed by atoms with Gasteiger partial charge in [-0.1, -0.05) is 24.3 Å². The Hall–Kier alpha value is -3.61. The second-order valence-electron chi connectivity index (χ2n) is 7.62. The van der Waals surface area contributed by atoms with Crippen molar-refractivity contribution in [1.29, 1.82) is 0 Å². The lowest BCUT2D eigenvalue weighted by Gasteiger charge is -2.17. The van der Waals surface area contributed by atoms with Crippen molar-refractivity contribution in [1.82, 2.24) is 9.78 Å². The number of rotatable bonds is 6. The van der Waals surface area contributed by atoms with Gasteiger partial charge >= 0.3 is 5.97 Å². The summed E-state index contributed by atoms with van der Waals surface area (Å²) in [4.78, 5) is 25.5. The van der Waals surface area contributed by atoms with Gasteiger partial charge < -0.3 is 15.4 Å². The summed E-state index contributed by atoms with van der Waals surface area (Å²) in [5.41, 5.74) is 6.30. The Kier molecular flexibility index (Phi) is 6.44. The van der Waals surface area contributed by atoms with Crippen molar-refractivity contribution in [3.8, 4) is 0 Å². The van der Waals surface area contributed by atoms with E-state index < -0.39 is 18.0 Å². The minimum Gasteiger partial charge on any atom is -0.449 e. The number of carbonyl (C=O) groups is 2. The highest BCUT2D eigenvalue weighted by Gasteiger charge is 2.23. The van der Waals surface area contributed by atoms with E-state index in [2.05, 4.69) is 15.7 Å². The first-order valence-corrected chi connectivity index (χ1v) is 10.1. The molecule has 0 unspecified atom stereocenters. The van der Waals surface area contributed by atoms with E-state index >= 15 is 0 Å². The number of hydrogen-bond donors (Lipinski definition) is 2. The van der Waals surface area contributed by atoms with Gasteiger partial charge in [0, 0.05) is 12.7 Å². The minimum atomic E-state index is -0.972. The molecule has 2 N–H and O–H groups in total. The van der Waals surface area contributed by atoms with Crippen molar-refractivity contribution < 1.29 is 14.3 Å². The molecule has 0 bridgehead atoms. The molecular weight excluding hydrogens is 392 g/mol. The zero-order chi connectivity index (χ0) is 22.7. The van der Waals surface area contributed by atoms with Crippen LogP contribution >= 0.6 is 0 Å². The fourth-order valence-corrected chi connectivity index (χ4v) is 3.26. The molecule has 0 aliphatic rings. The summed E-state index contributed by atoms with van der Waals surface area (Å²) in [6, 6.07) is 13.0. The van der Waals surface area contributed by atoms with Gasteiger partial charge in [-0.2, -0.15) is 5.10 Å². The van der Waals surface area contributed by atoms with Gasteiger partial charge in [0.15, 0.2) is 6.10 Å². The molecule has 0 saturated heterocycles. The first-order valence-electron chi connectivity index (χ1n) is 10.1. The van der Waals surface area contributed by atoms with E-state index in [0.29, 0.717) is 22.6 Å². The van der Waals surface area contributed by atoms with Gasteiger partial charge in [0.25, 0.3) is 5.91 Å². The molecule has 31 heavy (non-hydrogen) atoms. The highest BCUT2D eigenvalue weighted by atomic mass is 16.5. The number of nitrogens with one attached hydrogen (secondary N) is 2. The molecule has 7 heteroatoms. The normalized spacial score (nSPS) is 11.7. The first kappa shape index (κ1) is 22.1. The average Bonchev–Trinajstić information content (AvgIpc) is 2.97. The number of ether oxygens (including phenoxy) is 1. The van der Waals surface area contributed by atoms with Crippen LogP contribution in [0.25, 0.3) is 0 Å². The number of esters is 1. The Bertz CT molecular complexity index is 1130. The zero-order valence-corrected chi connectivity index (χ0v) is 18.7. The van der Waals surface area contributed by atoms with E-state index in [1.54, 1.807) is 30.8 Å². The largest absolute Gasteiger partial charge is 0.449 e. The van der Waals surface area contributed by atoms with Crippen LogP contribution in [0.3, 0.4) is 0 Å². The molecule has 2 aromatic carbocycles. The SMILES string of the molecule is Cc1cccc(Nc2ccccc2C(=O)O[C@H](C)C(=O)Nc2c(C)nn(C)c2C)c1C. The van der Waals surface area contributed by atoms with Gasteiger partial charge in [-0.25, -0.2) is 4.79 Å². The van der Waals surface area contributed by atoms with Crippen LogP contribution < -0.4 is 10.6 Å². The Balaban J connectivity index is 1.74. The highest BCUT2D eigenvalue weighted by Crippen LogP contribution is 2.26. The quantitative estimate of drug-likeness (QED) is 0.570. The fourth-order valence-electron chi connectivity index (χ4n) is 3.26. The van der Waals surface area contributed by atoms with Crippen molar-refractivity contribution >= 4 is 28.9 Å². The molecule has 0 aliphatic heterocycles. The molecule has 162 valence electrons. The van der Waals surface area contributed by atoms with Crippen molar-refractivity contribution in [3.63, 3.8) is 0 Å². The maximum absolute atomic E-state index is 12.9. The second-order valence-corrected chi connectivity index (χ2v) is 7.62. The van der Waals surface area contributed by atoms with Crippen molar-refractivity contribution in [2.24, 2.45) is 7.05 Å². The number of aromatic nitrogens is 2. The molecule has 3 aromatic rings. The summed E-state index contributed by atoms with van der Waals surface area (Å²) in [7, 11) is 1.81. The molecule has 1 atom stereocenters. The van der Waals surface area contributed by atoms with Gasteiger partial charge in [0.1, 0.15) is 0 Å². The number of para-hydroxylation sites is 1. The summed E-state index contributed by atoms with van der Waals surface area (Å²) in [6.45, 7) is 9.28. The molecule has 0 saturated carbocycles. The molecule has 3 rings (SSSR count). The van der Waals surface area contributed by atoms with Gasteiger partial charge in [-0.3, -0.25) is 9.48 Å². The predicted octanol–water partition coefficient (Wildman–Crippen LogP) is 4.58. The molecule has 1 aromatic heterocycles. The third-order valence-electron chi connectivity index (χ3n) is 5.43. The molecular formula is C24H28N4O3. The monoisotopic (exact) mass is 420 g/mol. The Morgan fingerprint density at radius 3 is 2.35 bits per heavy atom. The summed E-state index contributed by atoms with van der Waals surface area (Å²) in [6.07, 6.45) is -0.972. The molecule has 0 radical (unpaired) electrons. The van der Waals surface area contributed by atoms with Gasteiger partial charge in [0.2, 0.25) is 0 Å². The molecule has 0 fully saturated rings. The van der Waals surface area contributed by atoms with Gasteiger partial charge in [-0.15, -0.1) is 0 Å². The maximum Gasteiger partial charge on any atom is 0.341 e. The van der Waals surface area contributed by atoms with Crippen LogP contribution in [-0.2, 0) is 16.6 Å². The van der Waals surface area contributed by atoms with Crippen LogP contribution in [0.4, 0.5) is 17.1 Å². The summed E-state index contributed by atoms with van der Waals surface area (Å²) in [5, 5.41) is 10.4. The van der Waals surface area contributed by atoms with Crippen LogP contribution in [0.5, 0.6) is 0 Å². The number of anilines is 3. The lowest BCUT2D eigenvalue weighted by atomic mass is 10.1. The number of benzene rings is 2. The Morgan fingerprint density at radius 1 is 1.00 bits per heavy atom. The Morgan fingerprint density at radius 2 is 1.68 bits per heavy atom. The molecule has 0 aliphatic carbocycles. The molecule has 0 spiro atoms. The molecule has 1 amide bonds. The summed E-state index contributed by atoms with van der Waals surface area (Å²) in [5.74, 6) is -0.983. The van der Waals surface area contributed by atoms with E-state index in [1.807, 2.05) is 58.0 Å². The van der Waals surface area contributed by atoms with Gasteiger partial charge in [0.05, 0.1) is 28.3 Å². The number of hydrogen-bond acceptors (Lipinski definition) is 5. The van der Waals surface area contributed by atoms with Crippen LogP contribution in [0.15, 0.2) is 42.5 Å².